The first-order valence-electron chi connectivity index (χ1n) is 6.24. The molecule has 0 spiro atoms. The van der Waals surface area contributed by atoms with Crippen LogP contribution in [0.5, 0.6) is 0 Å². The number of oxime groups is 1. The third kappa shape index (κ3) is 5.82. The number of carbonyl (C=O) groups is 2. The van der Waals surface area contributed by atoms with Crippen LogP contribution in [0.4, 0.5) is 5.13 Å². The molecule has 23 heavy (non-hydrogen) atoms. The molecule has 0 bridgehead atoms. The smallest absolute Gasteiger partial charge is 0.390 e. The molecule has 0 atom stereocenters. The quantitative estimate of drug-likeness (QED) is 0.182. The lowest BCUT2D eigenvalue weighted by Gasteiger charge is -2.21. The number of aromatic nitrogens is 1. The number of carbonyl (C=O) groups excluding carboxylic acids is 1. The Morgan fingerprint density at radius 3 is 2.52 bits per heavy atom. The van der Waals surface area contributed by atoms with E-state index in [4.69, 9.17) is 30.7 Å². The van der Waals surface area contributed by atoms with Crippen LogP contribution in [-0.4, -0.2) is 61.6 Å². The zero-order chi connectivity index (χ0) is 17.8. The van der Waals surface area contributed by atoms with Gasteiger partial charge in [-0.3, -0.25) is 4.79 Å². The molecule has 0 aliphatic carbocycles. The van der Waals surface area contributed by atoms with Gasteiger partial charge in [-0.2, -0.15) is 0 Å². The molecule has 0 unspecified atom stereocenters. The summed E-state index contributed by atoms with van der Waals surface area (Å²) in [6, 6.07) is 0. The van der Waals surface area contributed by atoms with Crippen molar-refractivity contribution in [1.82, 2.24) is 10.3 Å². The number of thiazole rings is 1. The topological polar surface area (TPSA) is 188 Å². The molecule has 1 aromatic rings. The van der Waals surface area contributed by atoms with Gasteiger partial charge in [-0.15, -0.1) is 11.3 Å². The molecule has 0 saturated carbocycles. The molecule has 0 aromatic carbocycles. The van der Waals surface area contributed by atoms with E-state index in [1.54, 1.807) is 0 Å². The highest BCUT2D eigenvalue weighted by atomic mass is 32.1. The molecular formula is C10H16BN4O7S-. The van der Waals surface area contributed by atoms with Crippen LogP contribution in [0, 0.1) is 0 Å². The molecule has 128 valence electrons. The summed E-state index contributed by atoms with van der Waals surface area (Å²) in [6.45, 7) is -1.31. The Kier molecular flexibility index (Phi) is 5.66. The number of nitrogens with two attached hydrogens (primary N) is 1. The molecule has 0 aliphatic rings. The lowest BCUT2D eigenvalue weighted by atomic mass is 9.81. The van der Waals surface area contributed by atoms with Crippen LogP contribution in [0.25, 0.3) is 0 Å². The standard InChI is InChI=1S/C10H16BN4O7S/c1-10(2,8(17)18)22-15-6(5-3-23-9(12)14-5)7(16)13-4-11(19,20)21/h3,19-21H,4H2,1-2H3,(H2,12,14)(H,13,16)(H,17,18)/q-1/b15-6-. The van der Waals surface area contributed by atoms with Crippen molar-refractivity contribution in [3.63, 3.8) is 0 Å². The van der Waals surface area contributed by atoms with Gasteiger partial charge in [0.2, 0.25) is 5.60 Å². The first-order chi connectivity index (χ1) is 10.4. The van der Waals surface area contributed by atoms with Gasteiger partial charge in [-0.25, -0.2) is 9.78 Å². The molecular weight excluding hydrogens is 331 g/mol. The minimum atomic E-state index is -3.74. The second kappa shape index (κ2) is 6.91. The van der Waals surface area contributed by atoms with E-state index in [0.29, 0.717) is 0 Å². The van der Waals surface area contributed by atoms with Crippen molar-refractivity contribution in [3.05, 3.63) is 11.1 Å². The fraction of sp³-hybridized carbons (Fsp3) is 0.400. The Bertz CT molecular complexity index is 625. The average Bonchev–Trinajstić information content (AvgIpc) is 2.82. The lowest BCUT2D eigenvalue weighted by Crippen LogP contribution is -2.50. The predicted molar refractivity (Wildman–Crippen MR) is 81.3 cm³/mol. The third-order valence-electron chi connectivity index (χ3n) is 2.40. The zero-order valence-electron chi connectivity index (χ0n) is 12.3. The van der Waals surface area contributed by atoms with Gasteiger partial charge in [0, 0.05) is 5.38 Å². The molecule has 1 heterocycles. The summed E-state index contributed by atoms with van der Waals surface area (Å²) in [5, 5.41) is 42.4. The molecule has 7 N–H and O–H groups in total. The SMILES string of the molecule is CC(C)(O/N=C(\C(=O)NC[B-](O)(O)O)c1csc(N)n1)C(=O)O. The van der Waals surface area contributed by atoms with Crippen LogP contribution >= 0.6 is 11.3 Å². The minimum absolute atomic E-state index is 0.00175. The van der Waals surface area contributed by atoms with Crippen molar-refractivity contribution >= 4 is 40.8 Å². The first-order valence-corrected chi connectivity index (χ1v) is 7.12. The van der Waals surface area contributed by atoms with Crippen LogP contribution in [0.15, 0.2) is 10.5 Å². The predicted octanol–water partition coefficient (Wildman–Crippen LogP) is -2.12. The van der Waals surface area contributed by atoms with E-state index in [1.165, 1.54) is 19.2 Å². The van der Waals surface area contributed by atoms with E-state index < -0.39 is 36.4 Å². The molecule has 1 aromatic heterocycles. The van der Waals surface area contributed by atoms with Crippen LogP contribution in [0.1, 0.15) is 19.5 Å². The number of amides is 1. The van der Waals surface area contributed by atoms with E-state index in [-0.39, 0.29) is 10.8 Å². The highest BCUT2D eigenvalue weighted by molar-refractivity contribution is 7.13. The normalized spacial score (nSPS) is 12.8. The first kappa shape index (κ1) is 18.8. The van der Waals surface area contributed by atoms with Crippen molar-refractivity contribution < 1.29 is 34.6 Å². The van der Waals surface area contributed by atoms with E-state index >= 15 is 0 Å². The Morgan fingerprint density at radius 1 is 1.48 bits per heavy atom. The molecule has 0 aliphatic heterocycles. The van der Waals surface area contributed by atoms with Crippen LogP contribution in [0.3, 0.4) is 0 Å². The highest BCUT2D eigenvalue weighted by Gasteiger charge is 2.31. The number of carboxylic acid groups (broad SMARTS) is 1. The maximum Gasteiger partial charge on any atom is 0.390 e. The zero-order valence-corrected chi connectivity index (χ0v) is 13.1. The van der Waals surface area contributed by atoms with Gasteiger partial charge in [0.25, 0.3) is 5.91 Å². The number of aliphatic carboxylic acids is 1. The fourth-order valence-corrected chi connectivity index (χ4v) is 1.66. The molecule has 1 rings (SSSR count). The maximum atomic E-state index is 12.0. The number of nitrogens with one attached hydrogen (secondary N) is 1. The lowest BCUT2D eigenvalue weighted by molar-refractivity contribution is -0.161. The Balaban J connectivity index is 3.03. The molecule has 0 radical (unpaired) electrons. The second-order valence-corrected chi connectivity index (χ2v) is 5.91. The highest BCUT2D eigenvalue weighted by Crippen LogP contribution is 2.15. The summed E-state index contributed by atoms with van der Waals surface area (Å²) >= 11 is 1.00. The number of hydrogen-bond acceptors (Lipinski definition) is 10. The minimum Gasteiger partial charge on any atom is -0.559 e. The molecule has 13 heteroatoms. The average molecular weight is 347 g/mol. The number of nitrogens with zero attached hydrogens (tertiary/aromatic N) is 2. The van der Waals surface area contributed by atoms with Crippen molar-refractivity contribution in [1.29, 1.82) is 0 Å². The van der Waals surface area contributed by atoms with Gasteiger partial charge in [0.05, 0.1) is 0 Å². The van der Waals surface area contributed by atoms with Crippen molar-refractivity contribution in [2.45, 2.75) is 19.4 Å². The van der Waals surface area contributed by atoms with Crippen molar-refractivity contribution in [3.8, 4) is 0 Å². The number of carboxylic acids is 1. The number of rotatable bonds is 7. The fourth-order valence-electron chi connectivity index (χ4n) is 1.11. The van der Waals surface area contributed by atoms with Crippen molar-refractivity contribution in [2.24, 2.45) is 5.16 Å². The third-order valence-corrected chi connectivity index (χ3v) is 3.07. The largest absolute Gasteiger partial charge is 0.559 e. The summed E-state index contributed by atoms with van der Waals surface area (Å²) in [4.78, 5) is 31.6. The number of hydrogen-bond donors (Lipinski definition) is 6. The summed E-state index contributed by atoms with van der Waals surface area (Å²) < 4.78 is 0. The molecule has 1 amide bonds. The van der Waals surface area contributed by atoms with Crippen LogP contribution in [-0.2, 0) is 14.4 Å². The number of nitrogen functional groups attached to an aromatic ring is 1. The maximum absolute atomic E-state index is 12.0. The Morgan fingerprint density at radius 2 is 2.09 bits per heavy atom. The molecule has 11 nitrogen and oxygen atoms in total. The van der Waals surface area contributed by atoms with Gasteiger partial charge in [0.15, 0.2) is 10.8 Å². The van der Waals surface area contributed by atoms with Crippen molar-refractivity contribution in [2.75, 3.05) is 12.2 Å². The van der Waals surface area contributed by atoms with Gasteiger partial charge in [-0.1, -0.05) is 5.16 Å². The molecule has 0 saturated heterocycles. The van der Waals surface area contributed by atoms with Gasteiger partial charge >= 0.3 is 12.7 Å². The summed E-state index contributed by atoms with van der Waals surface area (Å²) in [7, 11) is 0. The Hall–Kier alpha value is -2.22. The van der Waals surface area contributed by atoms with Gasteiger partial charge in [-0.05, 0) is 20.3 Å². The second-order valence-electron chi connectivity index (χ2n) is 5.02. The number of anilines is 1. The Labute approximate surface area is 134 Å². The van der Waals surface area contributed by atoms with Crippen LogP contribution in [0.2, 0.25) is 0 Å². The summed E-state index contributed by atoms with van der Waals surface area (Å²) in [5.41, 5.74) is 3.30. The summed E-state index contributed by atoms with van der Waals surface area (Å²) in [5.74, 6) is -2.29. The van der Waals surface area contributed by atoms with Gasteiger partial charge in [0.1, 0.15) is 5.69 Å². The molecule has 0 fully saturated rings. The summed E-state index contributed by atoms with van der Waals surface area (Å²) in [6.07, 6.45) is -0.861. The van der Waals surface area contributed by atoms with E-state index in [2.05, 4.69) is 10.1 Å². The van der Waals surface area contributed by atoms with Crippen LogP contribution < -0.4 is 11.1 Å². The van der Waals surface area contributed by atoms with E-state index in [1.807, 2.05) is 5.32 Å². The van der Waals surface area contributed by atoms with Gasteiger partial charge < -0.3 is 36.1 Å². The van der Waals surface area contributed by atoms with E-state index in [9.17, 15) is 9.59 Å². The van der Waals surface area contributed by atoms with E-state index in [0.717, 1.165) is 11.3 Å². The monoisotopic (exact) mass is 347 g/mol.